The Morgan fingerprint density at radius 3 is 2.76 bits per heavy atom. The van der Waals surface area contributed by atoms with Crippen LogP contribution < -0.4 is 9.47 Å². The Morgan fingerprint density at radius 2 is 1.91 bits per heavy atom. The summed E-state index contributed by atoms with van der Waals surface area (Å²) in [4.78, 5) is 20.2. The summed E-state index contributed by atoms with van der Waals surface area (Å²) < 4.78 is 31.3. The number of benzene rings is 2. The highest BCUT2D eigenvalue weighted by Crippen LogP contribution is 2.39. The molecule has 4 aromatic rings. The molecular formula is C26H22FN3O4. The molecule has 2 aromatic carbocycles. The molecule has 0 radical (unpaired) electrons. The van der Waals surface area contributed by atoms with Crippen LogP contribution in [0.5, 0.6) is 11.5 Å². The van der Waals surface area contributed by atoms with E-state index in [1.54, 1.807) is 31.2 Å². The zero-order chi connectivity index (χ0) is 23.2. The molecule has 172 valence electrons. The normalized spacial score (nSPS) is 17.4. The number of aromatic nitrogens is 2. The van der Waals surface area contributed by atoms with Gasteiger partial charge in [0.05, 0.1) is 28.4 Å². The van der Waals surface area contributed by atoms with Crippen LogP contribution in [0, 0.1) is 12.7 Å². The van der Waals surface area contributed by atoms with Crippen molar-refractivity contribution in [3.63, 3.8) is 0 Å². The third-order valence-corrected chi connectivity index (χ3v) is 6.46. The molecule has 2 aliphatic heterocycles. The van der Waals surface area contributed by atoms with Crippen LogP contribution in [-0.2, 0) is 0 Å². The van der Waals surface area contributed by atoms with Gasteiger partial charge in [-0.15, -0.1) is 0 Å². The first-order valence-electron chi connectivity index (χ1n) is 11.3. The van der Waals surface area contributed by atoms with Crippen molar-refractivity contribution in [2.24, 2.45) is 0 Å². The van der Waals surface area contributed by atoms with Crippen LogP contribution in [0.15, 0.2) is 53.1 Å². The van der Waals surface area contributed by atoms with Gasteiger partial charge in [-0.25, -0.2) is 9.37 Å². The Balaban J connectivity index is 1.42. The van der Waals surface area contributed by atoms with Gasteiger partial charge in [-0.2, -0.15) is 0 Å². The van der Waals surface area contributed by atoms with Crippen molar-refractivity contribution in [1.82, 2.24) is 15.0 Å². The molecule has 1 atom stereocenters. The minimum Gasteiger partial charge on any atom is -0.486 e. The van der Waals surface area contributed by atoms with Crippen LogP contribution in [0.4, 0.5) is 4.39 Å². The summed E-state index contributed by atoms with van der Waals surface area (Å²) in [5, 5.41) is 4.57. The largest absolute Gasteiger partial charge is 0.486 e. The van der Waals surface area contributed by atoms with E-state index in [1.165, 1.54) is 6.07 Å². The van der Waals surface area contributed by atoms with Gasteiger partial charge in [0.1, 0.15) is 19.0 Å². The maximum Gasteiger partial charge on any atom is 0.259 e. The second-order valence-electron chi connectivity index (χ2n) is 8.54. The van der Waals surface area contributed by atoms with Gasteiger partial charge in [0.15, 0.2) is 11.5 Å². The fraction of sp³-hybridized carbons (Fsp3) is 0.269. The van der Waals surface area contributed by atoms with Gasteiger partial charge in [0, 0.05) is 12.1 Å². The molecular weight excluding hydrogens is 437 g/mol. The topological polar surface area (TPSA) is 77.7 Å². The molecule has 34 heavy (non-hydrogen) atoms. The lowest BCUT2D eigenvalue weighted by atomic mass is 10.0. The van der Waals surface area contributed by atoms with Crippen LogP contribution >= 0.6 is 0 Å². The highest BCUT2D eigenvalue weighted by atomic mass is 19.1. The number of rotatable bonds is 3. The number of hydrogen-bond acceptors (Lipinski definition) is 6. The van der Waals surface area contributed by atoms with Crippen molar-refractivity contribution in [2.75, 3.05) is 19.8 Å². The van der Waals surface area contributed by atoms with E-state index in [0.29, 0.717) is 53.4 Å². The number of halogens is 1. The predicted octanol–water partition coefficient (Wildman–Crippen LogP) is 5.09. The van der Waals surface area contributed by atoms with E-state index < -0.39 is 5.82 Å². The standard InChI is InChI=1S/C26H22FN3O4/c1-15-24-18(14-20(28-25(24)34-29-15)17-5-2-3-6-19(17)27)26(31)30-10-4-7-21(30)16-8-9-22-23(13-16)33-12-11-32-22/h2-3,5-6,8-9,13-14,21H,4,7,10-12H2,1H3/t21-/m1/s1. The van der Waals surface area contributed by atoms with Gasteiger partial charge in [0.2, 0.25) is 0 Å². The van der Waals surface area contributed by atoms with Gasteiger partial charge >= 0.3 is 0 Å². The SMILES string of the molecule is Cc1noc2nc(-c3ccccc3F)cc(C(=O)N3CCC[C@@H]3c3ccc4c(c3)OCCO4)c12. The van der Waals surface area contributed by atoms with Crippen molar-refractivity contribution in [3.8, 4) is 22.8 Å². The quantitative estimate of drug-likeness (QED) is 0.425. The molecule has 2 aliphatic rings. The van der Waals surface area contributed by atoms with Crippen LogP contribution in [0.25, 0.3) is 22.4 Å². The molecule has 0 saturated carbocycles. The molecule has 1 fully saturated rings. The third kappa shape index (κ3) is 3.37. The van der Waals surface area contributed by atoms with Crippen molar-refractivity contribution in [2.45, 2.75) is 25.8 Å². The number of nitrogens with zero attached hydrogens (tertiary/aromatic N) is 3. The van der Waals surface area contributed by atoms with Gasteiger partial charge in [-0.05, 0) is 55.7 Å². The van der Waals surface area contributed by atoms with Crippen LogP contribution in [0.2, 0.25) is 0 Å². The molecule has 0 N–H and O–H groups in total. The Kier molecular flexibility index (Phi) is 4.94. The molecule has 4 heterocycles. The average molecular weight is 459 g/mol. The van der Waals surface area contributed by atoms with E-state index in [0.717, 1.165) is 24.2 Å². The molecule has 8 heteroatoms. The van der Waals surface area contributed by atoms with Crippen molar-refractivity contribution < 1.29 is 23.2 Å². The molecule has 1 saturated heterocycles. The minimum absolute atomic E-state index is 0.108. The van der Waals surface area contributed by atoms with Gasteiger partial charge in [0.25, 0.3) is 11.6 Å². The van der Waals surface area contributed by atoms with E-state index in [9.17, 15) is 9.18 Å². The summed E-state index contributed by atoms with van der Waals surface area (Å²) >= 11 is 0. The lowest BCUT2D eigenvalue weighted by molar-refractivity contribution is 0.0737. The first-order valence-corrected chi connectivity index (χ1v) is 11.3. The predicted molar refractivity (Wildman–Crippen MR) is 122 cm³/mol. The van der Waals surface area contributed by atoms with E-state index >= 15 is 0 Å². The molecule has 0 bridgehead atoms. The number of pyridine rings is 1. The molecule has 0 spiro atoms. The second-order valence-corrected chi connectivity index (χ2v) is 8.54. The van der Waals surface area contributed by atoms with E-state index in [-0.39, 0.29) is 17.7 Å². The summed E-state index contributed by atoms with van der Waals surface area (Å²) in [6.07, 6.45) is 1.71. The number of hydrogen-bond donors (Lipinski definition) is 0. The van der Waals surface area contributed by atoms with Gasteiger partial charge < -0.3 is 18.9 Å². The maximum absolute atomic E-state index is 14.5. The molecule has 6 rings (SSSR count). The van der Waals surface area contributed by atoms with Crippen LogP contribution in [0.1, 0.15) is 40.5 Å². The average Bonchev–Trinajstić information content (AvgIpc) is 3.50. The monoisotopic (exact) mass is 459 g/mol. The smallest absolute Gasteiger partial charge is 0.259 e. The summed E-state index contributed by atoms with van der Waals surface area (Å²) in [5.74, 6) is 0.843. The van der Waals surface area contributed by atoms with Crippen molar-refractivity contribution >= 4 is 17.0 Å². The molecule has 7 nitrogen and oxygen atoms in total. The summed E-state index contributed by atoms with van der Waals surface area (Å²) in [6, 6.07) is 13.7. The number of carbonyl (C=O) groups excluding carboxylic acids is 1. The summed E-state index contributed by atoms with van der Waals surface area (Å²) in [5.41, 5.74) is 2.83. The Morgan fingerprint density at radius 1 is 1.09 bits per heavy atom. The van der Waals surface area contributed by atoms with E-state index in [1.807, 2.05) is 23.1 Å². The Bertz CT molecular complexity index is 1420. The van der Waals surface area contributed by atoms with Gasteiger partial charge in [-0.3, -0.25) is 4.79 Å². The fourth-order valence-corrected chi connectivity index (χ4v) is 4.85. The summed E-state index contributed by atoms with van der Waals surface area (Å²) in [6.45, 7) is 3.42. The van der Waals surface area contributed by atoms with E-state index in [2.05, 4.69) is 10.1 Å². The number of likely N-dealkylation sites (tertiary alicyclic amines) is 1. The second kappa shape index (κ2) is 8.13. The molecule has 0 aliphatic carbocycles. The van der Waals surface area contributed by atoms with E-state index in [4.69, 9.17) is 14.0 Å². The number of fused-ring (bicyclic) bond motifs is 2. The van der Waals surface area contributed by atoms with Crippen molar-refractivity contribution in [1.29, 1.82) is 0 Å². The number of aryl methyl sites for hydroxylation is 1. The number of carbonyl (C=O) groups is 1. The minimum atomic E-state index is -0.417. The van der Waals surface area contributed by atoms with Gasteiger partial charge in [-0.1, -0.05) is 23.4 Å². The zero-order valence-electron chi connectivity index (χ0n) is 18.6. The summed E-state index contributed by atoms with van der Waals surface area (Å²) in [7, 11) is 0. The molecule has 1 amide bonds. The molecule has 0 unspecified atom stereocenters. The van der Waals surface area contributed by atoms with Crippen LogP contribution in [-0.4, -0.2) is 40.7 Å². The zero-order valence-corrected chi connectivity index (χ0v) is 18.6. The lowest BCUT2D eigenvalue weighted by Crippen LogP contribution is -2.31. The number of ether oxygens (including phenoxy) is 2. The lowest BCUT2D eigenvalue weighted by Gasteiger charge is -2.27. The first-order chi connectivity index (χ1) is 16.6. The Hall–Kier alpha value is -3.94. The Labute approximate surface area is 195 Å². The highest BCUT2D eigenvalue weighted by Gasteiger charge is 2.33. The first kappa shape index (κ1) is 20.7. The fourth-order valence-electron chi connectivity index (χ4n) is 4.85. The molecule has 2 aromatic heterocycles. The highest BCUT2D eigenvalue weighted by molar-refractivity contribution is 6.07. The van der Waals surface area contributed by atoms with Crippen molar-refractivity contribution in [3.05, 3.63) is 71.2 Å². The van der Waals surface area contributed by atoms with Crippen LogP contribution in [0.3, 0.4) is 0 Å². The number of amides is 1. The third-order valence-electron chi connectivity index (χ3n) is 6.46. The maximum atomic E-state index is 14.5.